The predicted molar refractivity (Wildman–Crippen MR) is 84.0 cm³/mol. The summed E-state index contributed by atoms with van der Waals surface area (Å²) < 4.78 is 12.8. The molecule has 0 radical (unpaired) electrons. The fourth-order valence-corrected chi connectivity index (χ4v) is 2.89. The summed E-state index contributed by atoms with van der Waals surface area (Å²) in [5.41, 5.74) is 0.967. The van der Waals surface area contributed by atoms with Gasteiger partial charge in [-0.3, -0.25) is 0 Å². The van der Waals surface area contributed by atoms with Crippen molar-refractivity contribution >= 4 is 5.97 Å². The molecule has 1 N–H and O–H groups in total. The molecular weight excluding hydrogens is 296 g/mol. The van der Waals surface area contributed by atoms with Crippen molar-refractivity contribution in [3.63, 3.8) is 0 Å². The molecule has 1 aliphatic rings. The first-order chi connectivity index (χ1) is 11.1. The molecule has 1 unspecified atom stereocenters. The highest BCUT2D eigenvalue weighted by Crippen LogP contribution is 2.26. The van der Waals surface area contributed by atoms with E-state index in [0.29, 0.717) is 17.5 Å². The van der Waals surface area contributed by atoms with Gasteiger partial charge in [-0.2, -0.15) is 0 Å². The lowest BCUT2D eigenvalue weighted by Gasteiger charge is -2.22. The summed E-state index contributed by atoms with van der Waals surface area (Å²) in [5, 5.41) is 9.35. The van der Waals surface area contributed by atoms with Gasteiger partial charge < -0.3 is 19.1 Å². The van der Waals surface area contributed by atoms with Crippen LogP contribution < -0.4 is 9.47 Å². The number of fused-ring (bicyclic) bond motifs is 1. The smallest absolute Gasteiger partial charge is 0.356 e. The summed E-state index contributed by atoms with van der Waals surface area (Å²) in [7, 11) is 1.61. The van der Waals surface area contributed by atoms with E-state index in [0.717, 1.165) is 30.8 Å². The van der Waals surface area contributed by atoms with Gasteiger partial charge in [0.25, 0.3) is 0 Å². The average molecular weight is 316 g/mol. The molecule has 1 aromatic heterocycles. The van der Waals surface area contributed by atoms with Crippen LogP contribution in [0.4, 0.5) is 0 Å². The zero-order valence-electron chi connectivity index (χ0n) is 13.3. The number of carboxylic acid groups (broad SMARTS) is 1. The molecule has 1 aromatic carbocycles. The summed E-state index contributed by atoms with van der Waals surface area (Å²) in [6.07, 6.45) is 1.77. The maximum absolute atomic E-state index is 11.4. The van der Waals surface area contributed by atoms with Crippen molar-refractivity contribution in [3.8, 4) is 11.5 Å². The number of aromatic carboxylic acids is 1. The van der Waals surface area contributed by atoms with Gasteiger partial charge in [-0.15, -0.1) is 0 Å². The molecule has 2 heterocycles. The summed E-state index contributed by atoms with van der Waals surface area (Å²) >= 11 is 0. The number of benzene rings is 1. The quantitative estimate of drug-likeness (QED) is 0.918. The number of aromatic nitrogens is 2. The van der Waals surface area contributed by atoms with Gasteiger partial charge in [-0.05, 0) is 43.0 Å². The third-order valence-corrected chi connectivity index (χ3v) is 4.17. The molecule has 0 aliphatic carbocycles. The van der Waals surface area contributed by atoms with Gasteiger partial charge in [0.05, 0.1) is 12.8 Å². The predicted octanol–water partition coefficient (Wildman–Crippen LogP) is 2.75. The first-order valence-corrected chi connectivity index (χ1v) is 7.67. The molecule has 0 spiro atoms. The van der Waals surface area contributed by atoms with Crippen molar-refractivity contribution in [2.24, 2.45) is 5.92 Å². The molecule has 6 nitrogen and oxygen atoms in total. The number of hydrogen-bond donors (Lipinski definition) is 1. The summed E-state index contributed by atoms with van der Waals surface area (Å²) in [4.78, 5) is 15.7. The highest BCUT2D eigenvalue weighted by Gasteiger charge is 2.26. The molecule has 0 bridgehead atoms. The second kappa shape index (κ2) is 6.32. The first-order valence-electron chi connectivity index (χ1n) is 7.67. The molecule has 0 fully saturated rings. The van der Waals surface area contributed by atoms with Crippen LogP contribution >= 0.6 is 0 Å². The zero-order valence-corrected chi connectivity index (χ0v) is 13.3. The summed E-state index contributed by atoms with van der Waals surface area (Å²) in [6.45, 7) is 3.18. The lowest BCUT2D eigenvalue weighted by molar-refractivity contribution is 0.0688. The van der Waals surface area contributed by atoms with E-state index >= 15 is 0 Å². The Morgan fingerprint density at radius 3 is 2.70 bits per heavy atom. The van der Waals surface area contributed by atoms with Gasteiger partial charge in [-0.1, -0.05) is 6.92 Å². The van der Waals surface area contributed by atoms with Crippen LogP contribution in [0.15, 0.2) is 24.3 Å². The van der Waals surface area contributed by atoms with E-state index in [1.54, 1.807) is 7.11 Å². The number of carboxylic acids is 1. The van der Waals surface area contributed by atoms with Crippen molar-refractivity contribution in [1.29, 1.82) is 0 Å². The molecule has 122 valence electrons. The van der Waals surface area contributed by atoms with Crippen molar-refractivity contribution in [1.82, 2.24) is 9.55 Å². The molecule has 23 heavy (non-hydrogen) atoms. The second-order valence-electron chi connectivity index (χ2n) is 5.84. The number of imidazole rings is 1. The molecule has 3 rings (SSSR count). The van der Waals surface area contributed by atoms with Crippen molar-refractivity contribution < 1.29 is 19.4 Å². The van der Waals surface area contributed by atoms with Crippen LogP contribution in [-0.4, -0.2) is 27.7 Å². The number of rotatable bonds is 5. The summed E-state index contributed by atoms with van der Waals surface area (Å²) in [6, 6.07) is 7.28. The Morgan fingerprint density at radius 2 is 2.04 bits per heavy atom. The molecule has 1 atom stereocenters. The minimum atomic E-state index is -0.974. The van der Waals surface area contributed by atoms with Gasteiger partial charge >= 0.3 is 5.97 Å². The fraction of sp³-hybridized carbons (Fsp3) is 0.412. The van der Waals surface area contributed by atoms with Gasteiger partial charge in [-0.25, -0.2) is 9.78 Å². The SMILES string of the molecule is COc1ccc(OCc2nc(C(=O)O)c3n2CCC(C)C3)cc1. The average Bonchev–Trinajstić information content (AvgIpc) is 2.91. The molecule has 6 heteroatoms. The van der Waals surface area contributed by atoms with Crippen LogP contribution in [0.25, 0.3) is 0 Å². The Balaban J connectivity index is 1.79. The third kappa shape index (κ3) is 3.16. The molecule has 2 aromatic rings. The minimum Gasteiger partial charge on any atom is -0.497 e. The Labute approximate surface area is 134 Å². The van der Waals surface area contributed by atoms with Gasteiger partial charge in [0.1, 0.15) is 23.9 Å². The lowest BCUT2D eigenvalue weighted by atomic mass is 9.97. The van der Waals surface area contributed by atoms with Gasteiger partial charge in [0.15, 0.2) is 5.69 Å². The zero-order chi connectivity index (χ0) is 16.4. The van der Waals surface area contributed by atoms with E-state index in [1.807, 2.05) is 28.8 Å². The molecule has 0 saturated heterocycles. The van der Waals surface area contributed by atoms with E-state index in [-0.39, 0.29) is 12.3 Å². The number of methoxy groups -OCH3 is 1. The van der Waals surface area contributed by atoms with Crippen LogP contribution in [0.2, 0.25) is 0 Å². The third-order valence-electron chi connectivity index (χ3n) is 4.17. The lowest BCUT2D eigenvalue weighted by Crippen LogP contribution is -2.20. The van der Waals surface area contributed by atoms with Crippen molar-refractivity contribution in [3.05, 3.63) is 41.5 Å². The largest absolute Gasteiger partial charge is 0.497 e. The van der Waals surface area contributed by atoms with Crippen LogP contribution in [0.3, 0.4) is 0 Å². The number of hydrogen-bond acceptors (Lipinski definition) is 4. The monoisotopic (exact) mass is 316 g/mol. The summed E-state index contributed by atoms with van der Waals surface area (Å²) in [5.74, 6) is 1.63. The molecule has 0 saturated carbocycles. The maximum Gasteiger partial charge on any atom is 0.356 e. The van der Waals surface area contributed by atoms with E-state index in [2.05, 4.69) is 11.9 Å². The fourth-order valence-electron chi connectivity index (χ4n) is 2.89. The van der Waals surface area contributed by atoms with E-state index in [4.69, 9.17) is 9.47 Å². The van der Waals surface area contributed by atoms with E-state index < -0.39 is 5.97 Å². The van der Waals surface area contributed by atoms with Crippen LogP contribution in [0, 0.1) is 5.92 Å². The first kappa shape index (κ1) is 15.4. The van der Waals surface area contributed by atoms with Crippen LogP contribution in [-0.2, 0) is 19.6 Å². The van der Waals surface area contributed by atoms with Crippen LogP contribution in [0.1, 0.15) is 35.4 Å². The number of carbonyl (C=O) groups is 1. The standard InChI is InChI=1S/C17H20N2O4/c1-11-7-8-19-14(9-11)16(17(20)21)18-15(19)10-23-13-5-3-12(22-2)4-6-13/h3-6,11H,7-10H2,1-2H3,(H,20,21). The highest BCUT2D eigenvalue weighted by molar-refractivity contribution is 5.87. The Hall–Kier alpha value is -2.50. The minimum absolute atomic E-state index is 0.157. The second-order valence-corrected chi connectivity index (χ2v) is 5.84. The normalized spacial score (nSPS) is 16.7. The van der Waals surface area contributed by atoms with E-state index in [1.165, 1.54) is 0 Å². The van der Waals surface area contributed by atoms with Crippen molar-refractivity contribution in [2.75, 3.05) is 7.11 Å². The van der Waals surface area contributed by atoms with Gasteiger partial charge in [0.2, 0.25) is 0 Å². The molecule has 1 aliphatic heterocycles. The number of nitrogens with zero attached hydrogens (tertiary/aromatic N) is 2. The number of ether oxygens (including phenoxy) is 2. The highest BCUT2D eigenvalue weighted by atomic mass is 16.5. The topological polar surface area (TPSA) is 73.6 Å². The Bertz CT molecular complexity index is 706. The van der Waals surface area contributed by atoms with E-state index in [9.17, 15) is 9.90 Å². The van der Waals surface area contributed by atoms with Crippen molar-refractivity contribution in [2.45, 2.75) is 32.9 Å². The maximum atomic E-state index is 11.4. The molecular formula is C17H20N2O4. The Kier molecular flexibility index (Phi) is 4.23. The van der Waals surface area contributed by atoms with Crippen LogP contribution in [0.5, 0.6) is 11.5 Å². The molecule has 0 amide bonds. The van der Waals surface area contributed by atoms with Gasteiger partial charge in [0, 0.05) is 6.54 Å². The Morgan fingerprint density at radius 1 is 1.35 bits per heavy atom.